The van der Waals surface area contributed by atoms with Crippen molar-refractivity contribution in [3.05, 3.63) is 89.4 Å². The van der Waals surface area contributed by atoms with Crippen LogP contribution in [0.25, 0.3) is 27.9 Å². The molecule has 1 saturated heterocycles. The van der Waals surface area contributed by atoms with Crippen LogP contribution in [0.5, 0.6) is 0 Å². The zero-order valence-electron chi connectivity index (χ0n) is 21.3. The summed E-state index contributed by atoms with van der Waals surface area (Å²) >= 11 is 6.59. The van der Waals surface area contributed by atoms with E-state index in [9.17, 15) is 4.79 Å². The van der Waals surface area contributed by atoms with Crippen molar-refractivity contribution < 1.29 is 4.79 Å². The van der Waals surface area contributed by atoms with Crippen LogP contribution in [0.15, 0.2) is 78.9 Å². The maximum absolute atomic E-state index is 13.6. The molecule has 0 aliphatic carbocycles. The molecule has 1 amide bonds. The first-order chi connectivity index (χ1) is 18.7. The van der Waals surface area contributed by atoms with Gasteiger partial charge in [-0.15, -0.1) is 10.2 Å². The summed E-state index contributed by atoms with van der Waals surface area (Å²) in [5.41, 5.74) is 3.49. The molecule has 8 heteroatoms. The fourth-order valence-corrected chi connectivity index (χ4v) is 5.61. The van der Waals surface area contributed by atoms with E-state index < -0.39 is 0 Å². The first-order valence-corrected chi connectivity index (χ1v) is 13.5. The minimum absolute atomic E-state index is 0.127. The molecule has 1 unspecified atom stereocenters. The van der Waals surface area contributed by atoms with Gasteiger partial charge >= 0.3 is 0 Å². The Balaban J connectivity index is 1.37. The van der Waals surface area contributed by atoms with Gasteiger partial charge in [-0.2, -0.15) is 0 Å². The van der Waals surface area contributed by atoms with Crippen LogP contribution in [0.2, 0.25) is 5.02 Å². The highest BCUT2D eigenvalue weighted by molar-refractivity contribution is 6.33. The second kappa shape index (κ2) is 10.4. The molecular formula is C30H29ClN6O. The number of amides is 1. The van der Waals surface area contributed by atoms with Crippen LogP contribution in [0.3, 0.4) is 0 Å². The Morgan fingerprint density at radius 2 is 1.66 bits per heavy atom. The van der Waals surface area contributed by atoms with Crippen LogP contribution in [-0.4, -0.2) is 56.6 Å². The molecule has 5 aromatic rings. The fraction of sp³-hybridized carbons (Fsp3) is 0.267. The molecule has 2 aromatic heterocycles. The topological polar surface area (TPSA) is 66.6 Å². The Bertz CT molecular complexity index is 1600. The lowest BCUT2D eigenvalue weighted by atomic mass is 9.95. The molecule has 38 heavy (non-hydrogen) atoms. The summed E-state index contributed by atoms with van der Waals surface area (Å²) in [5.74, 6) is 1.49. The second-order valence-electron chi connectivity index (χ2n) is 9.63. The molecule has 7 nitrogen and oxygen atoms in total. The van der Waals surface area contributed by atoms with E-state index in [0.717, 1.165) is 59.6 Å². The van der Waals surface area contributed by atoms with Crippen LogP contribution in [0.4, 0.5) is 5.95 Å². The average molecular weight is 525 g/mol. The molecular weight excluding hydrogens is 496 g/mol. The van der Waals surface area contributed by atoms with Crippen LogP contribution in [-0.2, 0) is 4.79 Å². The molecule has 0 saturated carbocycles. The Hall–Kier alpha value is -3.97. The van der Waals surface area contributed by atoms with Gasteiger partial charge in [0.05, 0.1) is 16.5 Å². The maximum atomic E-state index is 13.6. The number of halogens is 1. The van der Waals surface area contributed by atoms with Gasteiger partial charge < -0.3 is 9.80 Å². The van der Waals surface area contributed by atoms with Crippen molar-refractivity contribution in [3.8, 4) is 11.4 Å². The van der Waals surface area contributed by atoms with Gasteiger partial charge in [0, 0.05) is 37.1 Å². The minimum Gasteiger partial charge on any atom is -0.340 e. The van der Waals surface area contributed by atoms with Gasteiger partial charge in [0.2, 0.25) is 11.9 Å². The lowest BCUT2D eigenvalue weighted by molar-refractivity contribution is -0.132. The predicted octanol–water partition coefficient (Wildman–Crippen LogP) is 5.83. The molecule has 0 N–H and O–H groups in total. The lowest BCUT2D eigenvalue weighted by Gasteiger charge is -2.27. The first-order valence-electron chi connectivity index (χ1n) is 13.1. The highest BCUT2D eigenvalue weighted by atomic mass is 35.5. The number of rotatable bonds is 5. The molecule has 192 valence electrons. The number of hydrogen-bond acceptors (Lipinski definition) is 5. The first kappa shape index (κ1) is 24.4. The van der Waals surface area contributed by atoms with Crippen LogP contribution in [0.1, 0.15) is 31.2 Å². The van der Waals surface area contributed by atoms with Gasteiger partial charge in [0.15, 0.2) is 11.5 Å². The number of carbonyl (C=O) groups is 1. The third kappa shape index (κ3) is 4.37. The average Bonchev–Trinajstić information content (AvgIpc) is 3.24. The molecule has 1 aliphatic rings. The molecule has 3 heterocycles. The van der Waals surface area contributed by atoms with Gasteiger partial charge in [-0.1, -0.05) is 73.1 Å². The molecule has 1 fully saturated rings. The van der Waals surface area contributed by atoms with Crippen LogP contribution in [0, 0.1) is 0 Å². The minimum atomic E-state index is -0.127. The third-order valence-electron chi connectivity index (χ3n) is 7.34. The molecule has 1 aliphatic heterocycles. The summed E-state index contributed by atoms with van der Waals surface area (Å²) < 4.78 is 2.01. The van der Waals surface area contributed by atoms with Crippen molar-refractivity contribution in [1.29, 1.82) is 0 Å². The van der Waals surface area contributed by atoms with E-state index in [0.29, 0.717) is 23.9 Å². The van der Waals surface area contributed by atoms with Gasteiger partial charge in [0.1, 0.15) is 0 Å². The van der Waals surface area contributed by atoms with Gasteiger partial charge in [-0.05, 0) is 42.7 Å². The third-order valence-corrected chi connectivity index (χ3v) is 7.67. The van der Waals surface area contributed by atoms with E-state index in [1.54, 1.807) is 0 Å². The zero-order chi connectivity index (χ0) is 26.1. The van der Waals surface area contributed by atoms with Crippen LogP contribution < -0.4 is 4.90 Å². The number of anilines is 1. The van der Waals surface area contributed by atoms with Crippen molar-refractivity contribution >= 4 is 40.0 Å². The number of nitrogens with zero attached hydrogens (tertiary/aromatic N) is 6. The van der Waals surface area contributed by atoms with Crippen molar-refractivity contribution in [1.82, 2.24) is 24.5 Å². The zero-order valence-corrected chi connectivity index (χ0v) is 22.1. The van der Waals surface area contributed by atoms with Crippen LogP contribution >= 0.6 is 11.6 Å². The van der Waals surface area contributed by atoms with E-state index in [2.05, 4.69) is 22.0 Å². The fourth-order valence-electron chi connectivity index (χ4n) is 5.39. The van der Waals surface area contributed by atoms with Gasteiger partial charge in [0.25, 0.3) is 0 Å². The molecule has 0 radical (unpaired) electrons. The van der Waals surface area contributed by atoms with Crippen molar-refractivity contribution in [2.24, 2.45) is 0 Å². The summed E-state index contributed by atoms with van der Waals surface area (Å²) in [6, 6.07) is 25.7. The highest BCUT2D eigenvalue weighted by Crippen LogP contribution is 2.32. The lowest BCUT2D eigenvalue weighted by Crippen LogP contribution is -2.38. The van der Waals surface area contributed by atoms with Crippen molar-refractivity contribution in [2.45, 2.75) is 25.7 Å². The smallest absolute Gasteiger partial charge is 0.230 e. The Morgan fingerprint density at radius 3 is 2.47 bits per heavy atom. The number of fused-ring (bicyclic) bond motifs is 3. The molecule has 0 spiro atoms. The second-order valence-corrected chi connectivity index (χ2v) is 10.0. The quantitative estimate of drug-likeness (QED) is 0.289. The summed E-state index contributed by atoms with van der Waals surface area (Å²) in [6.45, 7) is 4.86. The maximum Gasteiger partial charge on any atom is 0.230 e. The van der Waals surface area contributed by atoms with E-state index in [1.165, 1.54) is 0 Å². The molecule has 6 rings (SSSR count). The molecule has 0 bridgehead atoms. The predicted molar refractivity (Wildman–Crippen MR) is 152 cm³/mol. The number of hydrogen-bond donors (Lipinski definition) is 0. The number of carbonyl (C=O) groups excluding carboxylic acids is 1. The highest BCUT2D eigenvalue weighted by Gasteiger charge is 2.28. The number of para-hydroxylation sites is 1. The molecule has 1 atom stereocenters. The van der Waals surface area contributed by atoms with E-state index in [-0.39, 0.29) is 11.8 Å². The Kier molecular flexibility index (Phi) is 6.68. The monoisotopic (exact) mass is 524 g/mol. The van der Waals surface area contributed by atoms with Crippen molar-refractivity contribution in [2.75, 3.05) is 31.1 Å². The largest absolute Gasteiger partial charge is 0.340 e. The number of benzene rings is 3. The SMILES string of the molecule is CCC(C(=O)N1CCCN(c2nc3ccccc3c3nnc(-c4ccccc4Cl)n23)CC1)c1ccccc1. The standard InChI is InChI=1S/C30H29ClN6O/c1-2-22(21-11-4-3-5-12-21)29(38)35-17-10-18-36(20-19-35)30-32-26-16-9-7-14-24(26)28-34-33-27(37(28)30)23-13-6-8-15-25(23)31/h3-9,11-16,22H,2,10,17-20H2,1H3. The summed E-state index contributed by atoms with van der Waals surface area (Å²) in [5, 5.41) is 10.7. The normalized spacial score (nSPS) is 15.1. The van der Waals surface area contributed by atoms with Crippen molar-refractivity contribution in [3.63, 3.8) is 0 Å². The van der Waals surface area contributed by atoms with E-state index >= 15 is 0 Å². The Morgan fingerprint density at radius 1 is 0.895 bits per heavy atom. The molecule has 3 aromatic carbocycles. The summed E-state index contributed by atoms with van der Waals surface area (Å²) in [6.07, 6.45) is 1.62. The van der Waals surface area contributed by atoms with Gasteiger partial charge in [-0.3, -0.25) is 4.79 Å². The van der Waals surface area contributed by atoms with E-state index in [4.69, 9.17) is 16.6 Å². The number of aromatic nitrogens is 4. The summed E-state index contributed by atoms with van der Waals surface area (Å²) in [4.78, 5) is 23.0. The Labute approximate surface area is 226 Å². The van der Waals surface area contributed by atoms with E-state index in [1.807, 2.05) is 88.2 Å². The summed E-state index contributed by atoms with van der Waals surface area (Å²) in [7, 11) is 0. The van der Waals surface area contributed by atoms with Gasteiger partial charge in [-0.25, -0.2) is 9.38 Å².